The molecule has 114 valence electrons. The number of benzene rings is 1. The van der Waals surface area contributed by atoms with Crippen LogP contribution in [0.5, 0.6) is 0 Å². The molecule has 1 N–H and O–H groups in total. The van der Waals surface area contributed by atoms with Crippen molar-refractivity contribution < 1.29 is 9.90 Å². The highest BCUT2D eigenvalue weighted by Gasteiger charge is 2.08. The first-order chi connectivity index (χ1) is 9.99. The van der Waals surface area contributed by atoms with E-state index in [9.17, 15) is 4.79 Å². The molecule has 0 aliphatic heterocycles. The van der Waals surface area contributed by atoms with Crippen LogP contribution >= 0.6 is 0 Å². The Morgan fingerprint density at radius 2 is 2.14 bits per heavy atom. The van der Waals surface area contributed by atoms with Gasteiger partial charge in [-0.25, -0.2) is 9.78 Å². The molecule has 0 radical (unpaired) electrons. The van der Waals surface area contributed by atoms with E-state index in [0.717, 1.165) is 37.0 Å². The summed E-state index contributed by atoms with van der Waals surface area (Å²) < 4.78 is 2.09. The molecule has 0 aliphatic carbocycles. The molecule has 0 amide bonds. The third kappa shape index (κ3) is 3.82. The van der Waals surface area contributed by atoms with Crippen molar-refractivity contribution in [3.8, 4) is 0 Å². The van der Waals surface area contributed by atoms with Crippen molar-refractivity contribution in [2.45, 2.75) is 39.3 Å². The number of unbranched alkanes of at least 4 members (excludes halogenated alkanes) is 1. The van der Waals surface area contributed by atoms with Gasteiger partial charge < -0.3 is 14.6 Å². The lowest BCUT2D eigenvalue weighted by Crippen LogP contribution is -2.27. The second-order valence-electron chi connectivity index (χ2n) is 5.73. The minimum absolute atomic E-state index is 0.284. The predicted octanol–water partition coefficient (Wildman–Crippen LogP) is 2.85. The first-order valence-corrected chi connectivity index (χ1v) is 7.37. The summed E-state index contributed by atoms with van der Waals surface area (Å²) in [5.74, 6) is -0.914. The monoisotopic (exact) mass is 289 g/mol. The van der Waals surface area contributed by atoms with Crippen LogP contribution in [0.4, 0.5) is 0 Å². The zero-order valence-electron chi connectivity index (χ0n) is 12.9. The minimum Gasteiger partial charge on any atom is -0.478 e. The molecule has 2 rings (SSSR count). The van der Waals surface area contributed by atoms with Gasteiger partial charge in [0.1, 0.15) is 0 Å². The van der Waals surface area contributed by atoms with Gasteiger partial charge in [0.15, 0.2) is 0 Å². The molecule has 0 unspecified atom stereocenters. The maximum atomic E-state index is 10.9. The Bertz CT molecular complexity index is 619. The Balaban J connectivity index is 1.95. The van der Waals surface area contributed by atoms with Crippen LogP contribution in [-0.4, -0.2) is 45.2 Å². The summed E-state index contributed by atoms with van der Waals surface area (Å²) in [6, 6.07) is 5.68. The van der Waals surface area contributed by atoms with Crippen LogP contribution in [0.25, 0.3) is 11.0 Å². The van der Waals surface area contributed by atoms with Gasteiger partial charge in [-0.2, -0.15) is 0 Å². The molecule has 1 aromatic heterocycles. The van der Waals surface area contributed by atoms with Gasteiger partial charge in [0, 0.05) is 12.6 Å². The standard InChI is InChI=1S/C16H23N3O2/c1-12(2)18(3)8-4-5-9-19-11-17-14-10-13(16(20)21)6-7-15(14)19/h6-7,10-12H,4-5,8-9H2,1-3H3,(H,20,21). The van der Waals surface area contributed by atoms with Gasteiger partial charge in [0.25, 0.3) is 0 Å². The van der Waals surface area contributed by atoms with E-state index in [4.69, 9.17) is 5.11 Å². The zero-order chi connectivity index (χ0) is 15.4. The van der Waals surface area contributed by atoms with Crippen LogP contribution < -0.4 is 0 Å². The maximum Gasteiger partial charge on any atom is 0.335 e. The Kier molecular flexibility index (Phi) is 4.96. The van der Waals surface area contributed by atoms with Crippen LogP contribution in [0.3, 0.4) is 0 Å². The average Bonchev–Trinajstić information content (AvgIpc) is 2.85. The Hall–Kier alpha value is -1.88. The number of aromatic carboxylic acids is 1. The second kappa shape index (κ2) is 6.72. The Morgan fingerprint density at radius 1 is 1.38 bits per heavy atom. The van der Waals surface area contributed by atoms with E-state index < -0.39 is 5.97 Å². The van der Waals surface area contributed by atoms with E-state index in [1.807, 2.05) is 6.07 Å². The molecule has 1 aromatic carbocycles. The van der Waals surface area contributed by atoms with Gasteiger partial charge in [-0.05, 0) is 58.5 Å². The van der Waals surface area contributed by atoms with Gasteiger partial charge in [-0.15, -0.1) is 0 Å². The second-order valence-corrected chi connectivity index (χ2v) is 5.73. The molecule has 0 saturated carbocycles. The molecule has 1 heterocycles. The van der Waals surface area contributed by atoms with Crippen molar-refractivity contribution in [3.05, 3.63) is 30.1 Å². The highest BCUT2D eigenvalue weighted by atomic mass is 16.4. The number of aromatic nitrogens is 2. The van der Waals surface area contributed by atoms with Crippen LogP contribution in [0, 0.1) is 0 Å². The first kappa shape index (κ1) is 15.5. The number of hydrogen-bond acceptors (Lipinski definition) is 3. The number of carbonyl (C=O) groups is 1. The normalized spacial score (nSPS) is 11.7. The highest BCUT2D eigenvalue weighted by Crippen LogP contribution is 2.16. The predicted molar refractivity (Wildman–Crippen MR) is 83.7 cm³/mol. The van der Waals surface area contributed by atoms with E-state index in [-0.39, 0.29) is 5.56 Å². The topological polar surface area (TPSA) is 58.4 Å². The molecule has 0 fully saturated rings. The number of rotatable bonds is 7. The molecule has 0 aliphatic rings. The summed E-state index contributed by atoms with van der Waals surface area (Å²) in [5.41, 5.74) is 2.03. The molecule has 5 heteroatoms. The number of imidazole rings is 1. The van der Waals surface area contributed by atoms with Gasteiger partial charge >= 0.3 is 5.97 Å². The minimum atomic E-state index is -0.914. The lowest BCUT2D eigenvalue weighted by atomic mass is 10.2. The Labute approximate surface area is 125 Å². The molecule has 0 spiro atoms. The summed E-state index contributed by atoms with van der Waals surface area (Å²) in [4.78, 5) is 17.6. The highest BCUT2D eigenvalue weighted by molar-refractivity contribution is 5.92. The summed E-state index contributed by atoms with van der Waals surface area (Å²) in [5, 5.41) is 8.98. The molecule has 0 bridgehead atoms. The van der Waals surface area contributed by atoms with Crippen LogP contribution in [0.15, 0.2) is 24.5 Å². The number of aryl methyl sites for hydroxylation is 1. The zero-order valence-corrected chi connectivity index (χ0v) is 12.9. The molecule has 0 atom stereocenters. The number of carboxylic acid groups (broad SMARTS) is 1. The lowest BCUT2D eigenvalue weighted by molar-refractivity contribution is 0.0697. The fourth-order valence-electron chi connectivity index (χ4n) is 2.28. The van der Waals surface area contributed by atoms with Gasteiger partial charge in [-0.1, -0.05) is 0 Å². The van der Waals surface area contributed by atoms with E-state index >= 15 is 0 Å². The average molecular weight is 289 g/mol. The number of hydrogen-bond donors (Lipinski definition) is 1. The van der Waals surface area contributed by atoms with Crippen molar-refractivity contribution in [2.75, 3.05) is 13.6 Å². The van der Waals surface area contributed by atoms with Gasteiger partial charge in [0.05, 0.1) is 22.9 Å². The van der Waals surface area contributed by atoms with E-state index in [1.54, 1.807) is 18.5 Å². The third-order valence-electron chi connectivity index (χ3n) is 3.91. The molecule has 5 nitrogen and oxygen atoms in total. The molecule has 21 heavy (non-hydrogen) atoms. The lowest BCUT2D eigenvalue weighted by Gasteiger charge is -2.20. The maximum absolute atomic E-state index is 10.9. The van der Waals surface area contributed by atoms with Gasteiger partial charge in [0.2, 0.25) is 0 Å². The van der Waals surface area contributed by atoms with Crippen LogP contribution in [-0.2, 0) is 6.54 Å². The number of nitrogens with zero attached hydrogens (tertiary/aromatic N) is 3. The molecule has 2 aromatic rings. The third-order valence-corrected chi connectivity index (χ3v) is 3.91. The summed E-state index contributed by atoms with van der Waals surface area (Å²) >= 11 is 0. The van der Waals surface area contributed by atoms with Crippen molar-refractivity contribution in [1.82, 2.24) is 14.5 Å². The summed E-state index contributed by atoms with van der Waals surface area (Å²) in [6.07, 6.45) is 4.02. The van der Waals surface area contributed by atoms with Crippen LogP contribution in [0.2, 0.25) is 0 Å². The smallest absolute Gasteiger partial charge is 0.335 e. The Morgan fingerprint density at radius 3 is 2.81 bits per heavy atom. The van der Waals surface area contributed by atoms with E-state index in [1.165, 1.54) is 0 Å². The molecular formula is C16H23N3O2. The quantitative estimate of drug-likeness (QED) is 0.796. The molecule has 0 saturated heterocycles. The van der Waals surface area contributed by atoms with Crippen molar-refractivity contribution in [3.63, 3.8) is 0 Å². The van der Waals surface area contributed by atoms with E-state index in [2.05, 4.69) is 35.3 Å². The SMILES string of the molecule is CC(C)N(C)CCCCn1cnc2cc(C(=O)O)ccc21. The fourth-order valence-corrected chi connectivity index (χ4v) is 2.28. The van der Waals surface area contributed by atoms with E-state index in [0.29, 0.717) is 6.04 Å². The summed E-state index contributed by atoms with van der Waals surface area (Å²) in [6.45, 7) is 6.40. The first-order valence-electron chi connectivity index (χ1n) is 7.37. The number of fused-ring (bicyclic) bond motifs is 1. The van der Waals surface area contributed by atoms with Crippen molar-refractivity contribution >= 4 is 17.0 Å². The van der Waals surface area contributed by atoms with Crippen molar-refractivity contribution in [2.24, 2.45) is 0 Å². The summed E-state index contributed by atoms with van der Waals surface area (Å²) in [7, 11) is 2.14. The number of carboxylic acids is 1. The van der Waals surface area contributed by atoms with Crippen molar-refractivity contribution in [1.29, 1.82) is 0 Å². The largest absolute Gasteiger partial charge is 0.478 e. The fraction of sp³-hybridized carbons (Fsp3) is 0.500. The van der Waals surface area contributed by atoms with Crippen LogP contribution in [0.1, 0.15) is 37.0 Å². The molecular weight excluding hydrogens is 266 g/mol. The van der Waals surface area contributed by atoms with Gasteiger partial charge in [-0.3, -0.25) is 0 Å².